The molecule has 0 spiro atoms. The van der Waals surface area contributed by atoms with Crippen molar-refractivity contribution in [3.8, 4) is 0 Å². The van der Waals surface area contributed by atoms with E-state index in [9.17, 15) is 28.0 Å². The Morgan fingerprint density at radius 1 is 0.941 bits per heavy atom. The lowest BCUT2D eigenvalue weighted by molar-refractivity contribution is -0.136. The molecule has 176 valence electrons. The number of carbonyl (C=O) groups excluding carboxylic acids is 4. The van der Waals surface area contributed by atoms with Crippen molar-refractivity contribution in [3.05, 3.63) is 64.7 Å². The summed E-state index contributed by atoms with van der Waals surface area (Å²) in [6.07, 6.45) is 0.369. The highest BCUT2D eigenvalue weighted by Crippen LogP contribution is 2.35. The molecule has 10 heteroatoms. The summed E-state index contributed by atoms with van der Waals surface area (Å²) in [5.41, 5.74) is 1.80. The van der Waals surface area contributed by atoms with E-state index in [-0.39, 0.29) is 36.8 Å². The zero-order valence-electron chi connectivity index (χ0n) is 18.2. The first-order valence-electron chi connectivity index (χ1n) is 11.1. The molecule has 0 aromatic heterocycles. The Balaban J connectivity index is 1.33. The molecule has 3 heterocycles. The molecule has 1 N–H and O–H groups in total. The highest BCUT2D eigenvalue weighted by molar-refractivity contribution is 6.06. The fourth-order valence-corrected chi connectivity index (χ4v) is 4.82. The molecular formula is C24H22F2N4O4. The van der Waals surface area contributed by atoms with E-state index in [2.05, 4.69) is 5.32 Å². The maximum absolute atomic E-state index is 14.5. The molecule has 8 nitrogen and oxygen atoms in total. The quantitative estimate of drug-likeness (QED) is 0.693. The van der Waals surface area contributed by atoms with Crippen molar-refractivity contribution in [1.82, 2.24) is 15.1 Å². The second-order valence-corrected chi connectivity index (χ2v) is 8.64. The van der Waals surface area contributed by atoms with Gasteiger partial charge in [0.25, 0.3) is 11.8 Å². The van der Waals surface area contributed by atoms with Crippen molar-refractivity contribution in [2.75, 3.05) is 31.1 Å². The fraction of sp³-hybridized carbons (Fsp3) is 0.333. The van der Waals surface area contributed by atoms with Gasteiger partial charge in [-0.3, -0.25) is 24.5 Å². The van der Waals surface area contributed by atoms with Crippen molar-refractivity contribution < 1.29 is 28.0 Å². The van der Waals surface area contributed by atoms with Gasteiger partial charge >= 0.3 is 0 Å². The van der Waals surface area contributed by atoms with Crippen LogP contribution in [0.25, 0.3) is 0 Å². The van der Waals surface area contributed by atoms with Gasteiger partial charge in [-0.2, -0.15) is 0 Å². The number of imide groups is 1. The second-order valence-electron chi connectivity index (χ2n) is 8.64. The number of benzene rings is 2. The first-order chi connectivity index (χ1) is 16.3. The monoisotopic (exact) mass is 468 g/mol. The third-order valence-corrected chi connectivity index (χ3v) is 6.60. The molecule has 3 aliphatic rings. The minimum atomic E-state index is -0.779. The Kier molecular flexibility index (Phi) is 5.51. The predicted molar refractivity (Wildman–Crippen MR) is 117 cm³/mol. The highest BCUT2D eigenvalue weighted by atomic mass is 19.1. The van der Waals surface area contributed by atoms with Crippen LogP contribution in [0, 0.1) is 11.6 Å². The molecule has 0 saturated carbocycles. The Labute approximate surface area is 194 Å². The lowest BCUT2D eigenvalue weighted by Gasteiger charge is -2.37. The van der Waals surface area contributed by atoms with Crippen LogP contribution in [-0.4, -0.2) is 65.6 Å². The summed E-state index contributed by atoms with van der Waals surface area (Å²) in [4.78, 5) is 54.5. The van der Waals surface area contributed by atoms with E-state index in [4.69, 9.17) is 0 Å². The van der Waals surface area contributed by atoms with Gasteiger partial charge in [0.1, 0.15) is 17.7 Å². The summed E-state index contributed by atoms with van der Waals surface area (Å²) in [7, 11) is 0. The van der Waals surface area contributed by atoms with Gasteiger partial charge in [-0.1, -0.05) is 0 Å². The number of nitrogens with one attached hydrogen (secondary N) is 1. The number of piperidine rings is 1. The van der Waals surface area contributed by atoms with Gasteiger partial charge in [0.15, 0.2) is 0 Å². The normalized spacial score (nSPS) is 20.5. The van der Waals surface area contributed by atoms with Crippen LogP contribution >= 0.6 is 0 Å². The summed E-state index contributed by atoms with van der Waals surface area (Å²) in [6, 6.07) is 7.14. The van der Waals surface area contributed by atoms with Crippen LogP contribution in [0.2, 0.25) is 0 Å². The standard InChI is InChI=1S/C24H22F2N4O4/c25-15-3-1-14(2-4-15)23(33)29-9-7-28(8-10-29)20-12-16(26)11-17-18(20)13-30(24(17)34)19-5-6-21(31)27-22(19)32/h1-4,11-12,19H,5-10,13H2,(H,27,31,32). The Bertz CT molecular complexity index is 1190. The topological polar surface area (TPSA) is 90.0 Å². The van der Waals surface area contributed by atoms with Gasteiger partial charge in [0.2, 0.25) is 11.8 Å². The minimum Gasteiger partial charge on any atom is -0.368 e. The molecule has 2 aromatic rings. The molecule has 3 aliphatic heterocycles. The van der Waals surface area contributed by atoms with Crippen molar-refractivity contribution in [2.45, 2.75) is 25.4 Å². The molecule has 2 aromatic carbocycles. The number of piperazine rings is 1. The SMILES string of the molecule is O=C1CCC(N2Cc3c(cc(F)cc3N3CCN(C(=O)c4ccc(F)cc4)CC3)C2=O)C(=O)N1. The largest absolute Gasteiger partial charge is 0.368 e. The highest BCUT2D eigenvalue weighted by Gasteiger charge is 2.41. The minimum absolute atomic E-state index is 0.141. The predicted octanol–water partition coefficient (Wildman–Crippen LogP) is 1.69. The van der Waals surface area contributed by atoms with Crippen LogP contribution in [-0.2, 0) is 16.1 Å². The fourth-order valence-electron chi connectivity index (χ4n) is 4.82. The third-order valence-electron chi connectivity index (χ3n) is 6.60. The first-order valence-corrected chi connectivity index (χ1v) is 11.1. The van der Waals surface area contributed by atoms with Crippen LogP contribution < -0.4 is 10.2 Å². The molecule has 1 atom stereocenters. The number of fused-ring (bicyclic) bond motifs is 1. The average molecular weight is 468 g/mol. The Morgan fingerprint density at radius 2 is 1.65 bits per heavy atom. The van der Waals surface area contributed by atoms with Gasteiger partial charge in [0.05, 0.1) is 0 Å². The number of nitrogens with zero attached hydrogens (tertiary/aromatic N) is 3. The number of carbonyl (C=O) groups is 4. The van der Waals surface area contributed by atoms with Crippen LogP contribution in [0.15, 0.2) is 36.4 Å². The number of hydrogen-bond donors (Lipinski definition) is 1. The van der Waals surface area contributed by atoms with E-state index in [1.54, 1.807) is 4.90 Å². The maximum atomic E-state index is 14.5. The van der Waals surface area contributed by atoms with Crippen molar-refractivity contribution in [3.63, 3.8) is 0 Å². The summed E-state index contributed by atoms with van der Waals surface area (Å²) in [5, 5.41) is 2.26. The first kappa shape index (κ1) is 22.0. The zero-order chi connectivity index (χ0) is 24.0. The van der Waals surface area contributed by atoms with Gasteiger partial charge in [-0.25, -0.2) is 8.78 Å². The number of rotatable bonds is 3. The molecule has 0 bridgehead atoms. The molecule has 2 saturated heterocycles. The van der Waals surface area contributed by atoms with E-state index in [1.165, 1.54) is 41.3 Å². The molecule has 5 rings (SSSR count). The van der Waals surface area contributed by atoms with Crippen molar-refractivity contribution >= 4 is 29.3 Å². The van der Waals surface area contributed by atoms with Crippen molar-refractivity contribution in [2.24, 2.45) is 0 Å². The molecule has 1 unspecified atom stereocenters. The van der Waals surface area contributed by atoms with Gasteiger partial charge in [-0.15, -0.1) is 0 Å². The Morgan fingerprint density at radius 3 is 2.32 bits per heavy atom. The maximum Gasteiger partial charge on any atom is 0.255 e. The van der Waals surface area contributed by atoms with Crippen LogP contribution in [0.5, 0.6) is 0 Å². The number of amides is 4. The number of anilines is 1. The van der Waals surface area contributed by atoms with Gasteiger partial charge in [-0.05, 0) is 42.8 Å². The number of halogens is 2. The Hall–Kier alpha value is -3.82. The van der Waals surface area contributed by atoms with E-state index in [0.29, 0.717) is 43.0 Å². The summed E-state index contributed by atoms with van der Waals surface area (Å²) >= 11 is 0. The zero-order valence-corrected chi connectivity index (χ0v) is 18.2. The number of hydrogen-bond acceptors (Lipinski definition) is 5. The second kappa shape index (κ2) is 8.51. The van der Waals surface area contributed by atoms with Gasteiger partial charge in [0, 0.05) is 61.5 Å². The van der Waals surface area contributed by atoms with Crippen LogP contribution in [0.4, 0.5) is 14.5 Å². The summed E-state index contributed by atoms with van der Waals surface area (Å²) < 4.78 is 27.6. The van der Waals surface area contributed by atoms with E-state index >= 15 is 0 Å². The molecule has 4 amide bonds. The molecule has 0 radical (unpaired) electrons. The molecule has 34 heavy (non-hydrogen) atoms. The summed E-state index contributed by atoms with van der Waals surface area (Å²) in [5.74, 6) is -2.50. The average Bonchev–Trinajstić information content (AvgIpc) is 3.15. The van der Waals surface area contributed by atoms with E-state index in [0.717, 1.165) is 0 Å². The van der Waals surface area contributed by atoms with E-state index < -0.39 is 29.5 Å². The van der Waals surface area contributed by atoms with E-state index in [1.807, 2.05) is 4.90 Å². The third kappa shape index (κ3) is 3.89. The van der Waals surface area contributed by atoms with Crippen LogP contribution in [0.1, 0.15) is 39.1 Å². The van der Waals surface area contributed by atoms with Crippen molar-refractivity contribution in [1.29, 1.82) is 0 Å². The smallest absolute Gasteiger partial charge is 0.255 e. The lowest BCUT2D eigenvalue weighted by atomic mass is 10.0. The lowest BCUT2D eigenvalue weighted by Crippen LogP contribution is -2.52. The van der Waals surface area contributed by atoms with Gasteiger partial charge < -0.3 is 14.7 Å². The molecular weight excluding hydrogens is 446 g/mol. The summed E-state index contributed by atoms with van der Waals surface area (Å²) in [6.45, 7) is 1.76. The molecule has 0 aliphatic carbocycles. The van der Waals surface area contributed by atoms with Crippen LogP contribution in [0.3, 0.4) is 0 Å². The molecule has 2 fully saturated rings.